The van der Waals surface area contributed by atoms with Gasteiger partial charge in [-0.2, -0.15) is 0 Å². The Hall–Kier alpha value is -3.10. The largest absolute Gasteiger partial charge is 0.482 e. The summed E-state index contributed by atoms with van der Waals surface area (Å²) in [6, 6.07) is 11.5. The molecule has 1 aliphatic heterocycles. The van der Waals surface area contributed by atoms with Gasteiger partial charge in [-0.3, -0.25) is 9.59 Å². The monoisotopic (exact) mass is 472 g/mol. The van der Waals surface area contributed by atoms with Gasteiger partial charge in [0.15, 0.2) is 6.61 Å². The first-order valence-electron chi connectivity index (χ1n) is 10.9. The van der Waals surface area contributed by atoms with Gasteiger partial charge < -0.3 is 25.7 Å². The van der Waals surface area contributed by atoms with Crippen LogP contribution in [0.1, 0.15) is 18.4 Å². The molecule has 1 aromatic heterocycles. The highest BCUT2D eigenvalue weighted by molar-refractivity contribution is 6.32. The van der Waals surface area contributed by atoms with E-state index in [1.54, 1.807) is 30.3 Å². The fourth-order valence-electron chi connectivity index (χ4n) is 4.11. The topological polar surface area (TPSA) is 95.2 Å². The molecule has 0 bridgehead atoms. The number of ether oxygens (including phenoxy) is 1. The van der Waals surface area contributed by atoms with Gasteiger partial charge in [0.2, 0.25) is 5.91 Å². The van der Waals surface area contributed by atoms with Crippen molar-refractivity contribution in [2.75, 3.05) is 26.2 Å². The summed E-state index contributed by atoms with van der Waals surface area (Å²) in [6.07, 6.45) is 3.29. The molecule has 174 valence electrons. The fourth-order valence-corrected chi connectivity index (χ4v) is 4.30. The molecule has 2 heterocycles. The Balaban J connectivity index is 1.36. The van der Waals surface area contributed by atoms with Crippen molar-refractivity contribution in [3.05, 3.63) is 65.1 Å². The lowest BCUT2D eigenvalue weighted by atomic mass is 9.87. The molecule has 0 spiro atoms. The van der Waals surface area contributed by atoms with Crippen LogP contribution in [0.3, 0.4) is 0 Å². The van der Waals surface area contributed by atoms with Crippen LogP contribution in [0.4, 0.5) is 4.39 Å². The number of aromatic nitrogens is 1. The van der Waals surface area contributed by atoms with E-state index in [9.17, 15) is 14.0 Å². The minimum Gasteiger partial charge on any atom is -0.482 e. The number of nitrogens with one attached hydrogen (secondary N) is 4. The second kappa shape index (κ2) is 10.2. The van der Waals surface area contributed by atoms with Gasteiger partial charge in [0.25, 0.3) is 5.91 Å². The summed E-state index contributed by atoms with van der Waals surface area (Å²) in [5, 5.41) is 10.3. The Morgan fingerprint density at radius 1 is 1.15 bits per heavy atom. The van der Waals surface area contributed by atoms with Gasteiger partial charge in [0.05, 0.1) is 5.02 Å². The predicted molar refractivity (Wildman–Crippen MR) is 125 cm³/mol. The van der Waals surface area contributed by atoms with E-state index >= 15 is 0 Å². The van der Waals surface area contributed by atoms with Crippen molar-refractivity contribution < 1.29 is 18.7 Å². The van der Waals surface area contributed by atoms with Gasteiger partial charge in [-0.15, -0.1) is 0 Å². The third kappa shape index (κ3) is 5.46. The molecule has 0 aliphatic carbocycles. The van der Waals surface area contributed by atoms with Gasteiger partial charge >= 0.3 is 0 Å². The van der Waals surface area contributed by atoms with E-state index in [4.69, 9.17) is 16.3 Å². The molecule has 4 N–H and O–H groups in total. The number of carbonyl (C=O) groups is 2. The quantitative estimate of drug-likeness (QED) is 0.405. The molecular formula is C24H26ClFN4O3. The molecule has 0 unspecified atom stereocenters. The van der Waals surface area contributed by atoms with E-state index in [1.807, 2.05) is 6.20 Å². The SMILES string of the molecule is O=C(COc1ccccc1Cl)NC1(C(=O)NCCc2c[nH]c3ccc(F)cc23)CCNCC1. The normalized spacial score (nSPS) is 15.2. The van der Waals surface area contributed by atoms with Gasteiger partial charge in [-0.05, 0) is 68.2 Å². The molecule has 3 aromatic rings. The minimum atomic E-state index is -1.02. The lowest BCUT2D eigenvalue weighted by Crippen LogP contribution is -2.63. The summed E-state index contributed by atoms with van der Waals surface area (Å²) in [5.41, 5.74) is 0.748. The third-order valence-corrected chi connectivity index (χ3v) is 6.19. The van der Waals surface area contributed by atoms with Crippen LogP contribution in [0.2, 0.25) is 5.02 Å². The summed E-state index contributed by atoms with van der Waals surface area (Å²) < 4.78 is 19.1. The number of hydrogen-bond acceptors (Lipinski definition) is 4. The van der Waals surface area contributed by atoms with Crippen molar-refractivity contribution in [1.82, 2.24) is 20.9 Å². The molecule has 1 fully saturated rings. The van der Waals surface area contributed by atoms with Gasteiger partial charge in [0.1, 0.15) is 17.1 Å². The van der Waals surface area contributed by atoms with Crippen LogP contribution in [-0.2, 0) is 16.0 Å². The molecule has 1 saturated heterocycles. The maximum atomic E-state index is 13.6. The standard InChI is InChI=1S/C24H26ClFN4O3/c25-19-3-1-2-4-21(19)33-15-22(31)30-24(8-11-27-12-9-24)23(32)28-10-7-16-14-29-20-6-5-17(26)13-18(16)20/h1-6,13-14,27,29H,7-12,15H2,(H,28,32)(H,30,31). The van der Waals surface area contributed by atoms with E-state index < -0.39 is 5.54 Å². The number of aromatic amines is 1. The maximum Gasteiger partial charge on any atom is 0.258 e. The number of amides is 2. The van der Waals surface area contributed by atoms with Crippen LogP contribution < -0.4 is 20.7 Å². The van der Waals surface area contributed by atoms with Crippen LogP contribution in [0, 0.1) is 5.82 Å². The van der Waals surface area contributed by atoms with Crippen molar-refractivity contribution in [3.8, 4) is 5.75 Å². The molecule has 0 radical (unpaired) electrons. The van der Waals surface area contributed by atoms with Gasteiger partial charge in [-0.1, -0.05) is 23.7 Å². The number of piperidine rings is 1. The Morgan fingerprint density at radius 2 is 1.94 bits per heavy atom. The lowest BCUT2D eigenvalue weighted by molar-refractivity contribution is -0.135. The Kier molecular flexibility index (Phi) is 7.15. The fraction of sp³-hybridized carbons (Fsp3) is 0.333. The average Bonchev–Trinajstić information content (AvgIpc) is 3.21. The molecule has 2 amide bonds. The first-order chi connectivity index (χ1) is 16.0. The Bertz CT molecular complexity index is 1140. The molecule has 33 heavy (non-hydrogen) atoms. The van der Waals surface area contributed by atoms with E-state index in [-0.39, 0.29) is 24.2 Å². The number of hydrogen-bond donors (Lipinski definition) is 4. The highest BCUT2D eigenvalue weighted by Gasteiger charge is 2.40. The number of halogens is 2. The molecule has 0 atom stereocenters. The molecule has 1 aliphatic rings. The second-order valence-electron chi connectivity index (χ2n) is 8.11. The summed E-state index contributed by atoms with van der Waals surface area (Å²) in [5.74, 6) is -0.517. The highest BCUT2D eigenvalue weighted by Crippen LogP contribution is 2.24. The first-order valence-corrected chi connectivity index (χ1v) is 11.3. The van der Waals surface area contributed by atoms with Gasteiger partial charge in [0, 0.05) is 23.6 Å². The Labute approximate surface area is 196 Å². The first kappa shape index (κ1) is 23.1. The van der Waals surface area contributed by atoms with Crippen molar-refractivity contribution in [2.45, 2.75) is 24.8 Å². The molecule has 9 heteroatoms. The maximum absolute atomic E-state index is 13.6. The van der Waals surface area contributed by atoms with Crippen molar-refractivity contribution in [3.63, 3.8) is 0 Å². The van der Waals surface area contributed by atoms with Crippen LogP contribution in [0.25, 0.3) is 10.9 Å². The number of fused-ring (bicyclic) bond motifs is 1. The Morgan fingerprint density at radius 3 is 2.73 bits per heavy atom. The van der Waals surface area contributed by atoms with E-state index in [0.717, 1.165) is 16.5 Å². The second-order valence-corrected chi connectivity index (χ2v) is 8.52. The molecule has 2 aromatic carbocycles. The minimum absolute atomic E-state index is 0.235. The zero-order valence-corrected chi connectivity index (χ0v) is 18.8. The number of H-pyrrole nitrogens is 1. The van der Waals surface area contributed by atoms with E-state index in [2.05, 4.69) is 20.9 Å². The predicted octanol–water partition coefficient (Wildman–Crippen LogP) is 2.94. The van der Waals surface area contributed by atoms with Crippen LogP contribution in [0.5, 0.6) is 5.75 Å². The summed E-state index contributed by atoms with van der Waals surface area (Å²) in [6.45, 7) is 1.35. The lowest BCUT2D eigenvalue weighted by Gasteiger charge is -2.37. The van der Waals surface area contributed by atoms with Crippen molar-refractivity contribution in [1.29, 1.82) is 0 Å². The number of para-hydroxylation sites is 1. The average molecular weight is 473 g/mol. The molecule has 7 nitrogen and oxygen atoms in total. The third-order valence-electron chi connectivity index (χ3n) is 5.88. The summed E-state index contributed by atoms with van der Waals surface area (Å²) in [4.78, 5) is 28.9. The van der Waals surface area contributed by atoms with Crippen LogP contribution in [-0.4, -0.2) is 48.6 Å². The zero-order valence-electron chi connectivity index (χ0n) is 18.0. The van der Waals surface area contributed by atoms with Gasteiger partial charge in [-0.25, -0.2) is 4.39 Å². The van der Waals surface area contributed by atoms with Crippen LogP contribution in [0.15, 0.2) is 48.7 Å². The van der Waals surface area contributed by atoms with E-state index in [0.29, 0.717) is 49.7 Å². The van der Waals surface area contributed by atoms with E-state index in [1.165, 1.54) is 12.1 Å². The summed E-state index contributed by atoms with van der Waals surface area (Å²) in [7, 11) is 0. The zero-order chi connectivity index (χ0) is 23.3. The number of rotatable bonds is 8. The number of benzene rings is 2. The van der Waals surface area contributed by atoms with Crippen molar-refractivity contribution >= 4 is 34.3 Å². The summed E-state index contributed by atoms with van der Waals surface area (Å²) >= 11 is 6.07. The van der Waals surface area contributed by atoms with Crippen molar-refractivity contribution in [2.24, 2.45) is 0 Å². The smallest absolute Gasteiger partial charge is 0.258 e. The number of carbonyl (C=O) groups excluding carboxylic acids is 2. The molecule has 4 rings (SSSR count). The molecule has 0 saturated carbocycles. The molecular weight excluding hydrogens is 447 g/mol. The highest BCUT2D eigenvalue weighted by atomic mass is 35.5. The van der Waals surface area contributed by atoms with Crippen LogP contribution >= 0.6 is 11.6 Å².